The summed E-state index contributed by atoms with van der Waals surface area (Å²) in [6.45, 7) is 1.76. The number of aromatic nitrogens is 4. The van der Waals surface area contributed by atoms with Gasteiger partial charge in [-0.25, -0.2) is 9.37 Å². The molecule has 0 spiro atoms. The zero-order chi connectivity index (χ0) is 15.0. The number of aromatic amines is 1. The molecule has 1 aromatic carbocycles. The van der Waals surface area contributed by atoms with Crippen LogP contribution in [0.4, 0.5) is 14.6 Å². The van der Waals surface area contributed by atoms with Gasteiger partial charge in [-0.05, 0) is 25.1 Å². The minimum atomic E-state index is -0.890. The average Bonchev–Trinajstić information content (AvgIpc) is 2.89. The van der Waals surface area contributed by atoms with E-state index < -0.39 is 12.1 Å². The predicted molar refractivity (Wildman–Crippen MR) is 77.8 cm³/mol. The summed E-state index contributed by atoms with van der Waals surface area (Å²) in [6.07, 6.45) is 0.507. The summed E-state index contributed by atoms with van der Waals surface area (Å²) in [4.78, 5) is 14.0. The Labute approximate surface area is 127 Å². The fraction of sp³-hybridized carbons (Fsp3) is 0.154. The molecule has 1 unspecified atom stereocenters. The number of nitrogens with zero attached hydrogens (tertiary/aromatic N) is 3. The molecule has 5 nitrogen and oxygen atoms in total. The number of fused-ring (bicyclic) bond motifs is 1. The van der Waals surface area contributed by atoms with Gasteiger partial charge < -0.3 is 10.3 Å². The second-order valence-electron chi connectivity index (χ2n) is 4.47. The molecule has 2 aromatic heterocycles. The summed E-state index contributed by atoms with van der Waals surface area (Å²) < 4.78 is 28.0. The van der Waals surface area contributed by atoms with Gasteiger partial charge in [0, 0.05) is 10.0 Å². The molecule has 0 fully saturated rings. The first-order valence-electron chi connectivity index (χ1n) is 6.12. The number of benzene rings is 1. The van der Waals surface area contributed by atoms with Crippen LogP contribution in [0, 0.1) is 11.9 Å². The van der Waals surface area contributed by atoms with Crippen molar-refractivity contribution in [1.29, 1.82) is 0 Å². The van der Waals surface area contributed by atoms with Crippen molar-refractivity contribution >= 4 is 32.9 Å². The van der Waals surface area contributed by atoms with Crippen LogP contribution in [0.25, 0.3) is 11.2 Å². The second-order valence-corrected chi connectivity index (χ2v) is 5.39. The maximum Gasteiger partial charge on any atom is 0.312 e. The molecule has 3 rings (SSSR count). The maximum absolute atomic E-state index is 13.9. The van der Waals surface area contributed by atoms with Gasteiger partial charge in [-0.15, -0.1) is 0 Å². The molecule has 108 valence electrons. The average molecular weight is 354 g/mol. The highest BCUT2D eigenvalue weighted by atomic mass is 79.9. The Balaban J connectivity index is 1.98. The molecule has 0 bridgehead atoms. The minimum absolute atomic E-state index is 0.215. The number of H-pyrrole nitrogens is 1. The summed E-state index contributed by atoms with van der Waals surface area (Å²) in [5.74, 6) is -0.115. The molecule has 0 aliphatic rings. The third kappa shape index (κ3) is 2.71. The molecule has 0 aliphatic carbocycles. The van der Waals surface area contributed by atoms with E-state index in [-0.39, 0.29) is 17.3 Å². The largest absolute Gasteiger partial charge is 0.361 e. The van der Waals surface area contributed by atoms with E-state index in [1.807, 2.05) is 0 Å². The number of anilines is 1. The van der Waals surface area contributed by atoms with E-state index in [9.17, 15) is 8.78 Å². The SMILES string of the molecule is CC(Nc1nc(F)nc2nc[nH]c12)c1cc(Br)ccc1F. The molecule has 2 heterocycles. The van der Waals surface area contributed by atoms with Gasteiger partial charge >= 0.3 is 6.08 Å². The molecular weight excluding hydrogens is 344 g/mol. The van der Waals surface area contributed by atoms with Crippen molar-refractivity contribution in [3.8, 4) is 0 Å². The van der Waals surface area contributed by atoms with Crippen molar-refractivity contribution in [1.82, 2.24) is 19.9 Å². The number of imidazole rings is 1. The van der Waals surface area contributed by atoms with E-state index in [2.05, 4.69) is 41.2 Å². The standard InChI is InChI=1S/C13H10BrF2N5/c1-6(8-4-7(14)2-3-9(8)15)19-12-10-11(18-5-17-10)20-13(16)21-12/h2-6H,1H3,(H2,17,18,19,20,21). The fourth-order valence-electron chi connectivity index (χ4n) is 2.04. The molecule has 21 heavy (non-hydrogen) atoms. The van der Waals surface area contributed by atoms with Gasteiger partial charge in [-0.3, -0.25) is 0 Å². The van der Waals surface area contributed by atoms with Crippen molar-refractivity contribution < 1.29 is 8.78 Å². The van der Waals surface area contributed by atoms with E-state index in [0.29, 0.717) is 11.1 Å². The Morgan fingerprint density at radius 2 is 2.10 bits per heavy atom. The number of hydrogen-bond acceptors (Lipinski definition) is 4. The Hall–Kier alpha value is -2.09. The van der Waals surface area contributed by atoms with Crippen molar-refractivity contribution in [2.75, 3.05) is 5.32 Å². The van der Waals surface area contributed by atoms with E-state index in [0.717, 1.165) is 4.47 Å². The molecular formula is C13H10BrF2N5. The molecule has 1 atom stereocenters. The van der Waals surface area contributed by atoms with Crippen LogP contribution < -0.4 is 5.32 Å². The monoisotopic (exact) mass is 353 g/mol. The first kappa shape index (κ1) is 13.9. The third-order valence-corrected chi connectivity index (χ3v) is 3.53. The van der Waals surface area contributed by atoms with Gasteiger partial charge in [0.1, 0.15) is 11.3 Å². The Bertz CT molecular complexity index is 804. The predicted octanol–water partition coefficient (Wildman–Crippen LogP) is 3.57. The Kier molecular flexibility index (Phi) is 3.54. The van der Waals surface area contributed by atoms with Gasteiger partial charge in [-0.2, -0.15) is 14.4 Å². The second kappa shape index (κ2) is 5.36. The summed E-state index contributed by atoms with van der Waals surface area (Å²) in [5, 5.41) is 2.97. The Morgan fingerprint density at radius 3 is 2.90 bits per heavy atom. The van der Waals surface area contributed by atoms with E-state index in [4.69, 9.17) is 0 Å². The van der Waals surface area contributed by atoms with Crippen molar-refractivity contribution in [3.05, 3.63) is 46.5 Å². The van der Waals surface area contributed by atoms with Crippen LogP contribution in [0.3, 0.4) is 0 Å². The summed E-state index contributed by atoms with van der Waals surface area (Å²) in [7, 11) is 0. The van der Waals surface area contributed by atoms with E-state index in [1.165, 1.54) is 12.4 Å². The lowest BCUT2D eigenvalue weighted by Gasteiger charge is -2.16. The fourth-order valence-corrected chi connectivity index (χ4v) is 2.42. The molecule has 8 heteroatoms. The normalized spacial score (nSPS) is 12.6. The molecule has 3 aromatic rings. The number of rotatable bonds is 3. The van der Waals surface area contributed by atoms with Crippen molar-refractivity contribution in [2.24, 2.45) is 0 Å². The number of nitrogens with one attached hydrogen (secondary N) is 2. The topological polar surface area (TPSA) is 66.5 Å². The van der Waals surface area contributed by atoms with Crippen LogP contribution in [0.15, 0.2) is 29.0 Å². The molecule has 0 saturated carbocycles. The summed E-state index contributed by atoms with van der Waals surface area (Å²) >= 11 is 3.30. The zero-order valence-electron chi connectivity index (χ0n) is 10.9. The smallest absolute Gasteiger partial charge is 0.312 e. The van der Waals surface area contributed by atoms with Gasteiger partial charge in [-0.1, -0.05) is 15.9 Å². The van der Waals surface area contributed by atoms with Gasteiger partial charge in [0.05, 0.1) is 12.4 Å². The highest BCUT2D eigenvalue weighted by molar-refractivity contribution is 9.10. The van der Waals surface area contributed by atoms with E-state index >= 15 is 0 Å². The van der Waals surface area contributed by atoms with Crippen LogP contribution in [-0.2, 0) is 0 Å². The molecule has 0 radical (unpaired) electrons. The number of hydrogen-bond donors (Lipinski definition) is 2. The van der Waals surface area contributed by atoms with Gasteiger partial charge in [0.25, 0.3) is 0 Å². The lowest BCUT2D eigenvalue weighted by molar-refractivity contribution is 0.544. The molecule has 2 N–H and O–H groups in total. The van der Waals surface area contributed by atoms with Crippen LogP contribution in [-0.4, -0.2) is 19.9 Å². The maximum atomic E-state index is 13.9. The van der Waals surface area contributed by atoms with Crippen LogP contribution in [0.1, 0.15) is 18.5 Å². The van der Waals surface area contributed by atoms with Crippen molar-refractivity contribution in [2.45, 2.75) is 13.0 Å². The minimum Gasteiger partial charge on any atom is -0.361 e. The lowest BCUT2D eigenvalue weighted by atomic mass is 10.1. The van der Waals surface area contributed by atoms with E-state index in [1.54, 1.807) is 19.1 Å². The molecule has 0 amide bonds. The zero-order valence-corrected chi connectivity index (χ0v) is 12.4. The van der Waals surface area contributed by atoms with Crippen LogP contribution in [0.2, 0.25) is 0 Å². The highest BCUT2D eigenvalue weighted by Gasteiger charge is 2.16. The first-order chi connectivity index (χ1) is 10.0. The van der Waals surface area contributed by atoms with Gasteiger partial charge in [0.15, 0.2) is 11.5 Å². The summed E-state index contributed by atoms with van der Waals surface area (Å²) in [5.41, 5.74) is 1.13. The lowest BCUT2D eigenvalue weighted by Crippen LogP contribution is -2.11. The van der Waals surface area contributed by atoms with Crippen molar-refractivity contribution in [3.63, 3.8) is 0 Å². The van der Waals surface area contributed by atoms with Crippen LogP contribution in [0.5, 0.6) is 0 Å². The quantitative estimate of drug-likeness (QED) is 0.706. The first-order valence-corrected chi connectivity index (χ1v) is 6.92. The molecule has 0 aliphatic heterocycles. The van der Waals surface area contributed by atoms with Gasteiger partial charge in [0.2, 0.25) is 0 Å². The third-order valence-electron chi connectivity index (χ3n) is 3.04. The highest BCUT2D eigenvalue weighted by Crippen LogP contribution is 2.26. The summed E-state index contributed by atoms with van der Waals surface area (Å²) in [6, 6.07) is 4.23. The van der Waals surface area contributed by atoms with Crippen LogP contribution >= 0.6 is 15.9 Å². The number of halogens is 3. The molecule has 0 saturated heterocycles. The Morgan fingerprint density at radius 1 is 1.29 bits per heavy atom.